The van der Waals surface area contributed by atoms with Crippen LogP contribution in [0.4, 0.5) is 10.1 Å². The lowest BCUT2D eigenvalue weighted by Crippen LogP contribution is -2.06. The highest BCUT2D eigenvalue weighted by Gasteiger charge is 1.97. The standard InChI is InChI=1S/C8H12N6S/c9-7-6-11-8(15-7)10-2-1-4-14-5-3-12-13-14/h3,5-6H,1-2,4,9H2,(H,10,11). The highest BCUT2D eigenvalue weighted by atomic mass is 32.1. The van der Waals surface area contributed by atoms with Gasteiger partial charge < -0.3 is 11.1 Å². The molecule has 2 aromatic rings. The van der Waals surface area contributed by atoms with Crippen molar-refractivity contribution in [2.24, 2.45) is 0 Å². The van der Waals surface area contributed by atoms with E-state index >= 15 is 0 Å². The highest BCUT2D eigenvalue weighted by Crippen LogP contribution is 2.19. The molecule has 2 rings (SSSR count). The van der Waals surface area contributed by atoms with Crippen molar-refractivity contribution in [3.05, 3.63) is 18.6 Å². The lowest BCUT2D eigenvalue weighted by molar-refractivity contribution is 0.570. The number of thiazole rings is 1. The zero-order valence-electron chi connectivity index (χ0n) is 8.13. The number of rotatable bonds is 5. The van der Waals surface area contributed by atoms with Crippen molar-refractivity contribution in [1.29, 1.82) is 0 Å². The minimum absolute atomic E-state index is 0.730. The lowest BCUT2D eigenvalue weighted by Gasteiger charge is -2.01. The lowest BCUT2D eigenvalue weighted by atomic mass is 10.4. The molecule has 0 amide bonds. The fourth-order valence-corrected chi connectivity index (χ4v) is 1.76. The number of anilines is 2. The molecule has 3 N–H and O–H groups in total. The summed E-state index contributed by atoms with van der Waals surface area (Å²) < 4.78 is 1.80. The first-order chi connectivity index (χ1) is 7.34. The second kappa shape index (κ2) is 4.74. The summed E-state index contributed by atoms with van der Waals surface area (Å²) in [4.78, 5) is 4.10. The van der Waals surface area contributed by atoms with Gasteiger partial charge in [0.1, 0.15) is 5.00 Å². The van der Waals surface area contributed by atoms with Crippen LogP contribution in [0.3, 0.4) is 0 Å². The van der Waals surface area contributed by atoms with Crippen LogP contribution in [0.15, 0.2) is 18.6 Å². The summed E-state index contributed by atoms with van der Waals surface area (Å²) in [5, 5.41) is 12.4. The van der Waals surface area contributed by atoms with Gasteiger partial charge in [-0.25, -0.2) is 4.98 Å². The number of hydrogen-bond donors (Lipinski definition) is 2. The van der Waals surface area contributed by atoms with Crippen molar-refractivity contribution in [3.63, 3.8) is 0 Å². The summed E-state index contributed by atoms with van der Waals surface area (Å²) in [5.74, 6) is 0. The Kier molecular flexibility index (Phi) is 3.13. The Labute approximate surface area is 91.1 Å². The van der Waals surface area contributed by atoms with Crippen molar-refractivity contribution >= 4 is 21.5 Å². The topological polar surface area (TPSA) is 81.6 Å². The van der Waals surface area contributed by atoms with Gasteiger partial charge in [0.2, 0.25) is 0 Å². The van der Waals surface area contributed by atoms with Crippen molar-refractivity contribution in [1.82, 2.24) is 20.0 Å². The van der Waals surface area contributed by atoms with Gasteiger partial charge in [-0.3, -0.25) is 4.68 Å². The average Bonchev–Trinajstić information content (AvgIpc) is 2.84. The van der Waals surface area contributed by atoms with Gasteiger partial charge in [-0.15, -0.1) is 5.10 Å². The predicted molar refractivity (Wildman–Crippen MR) is 59.7 cm³/mol. The Hall–Kier alpha value is -1.63. The minimum atomic E-state index is 0.730. The Morgan fingerprint density at radius 2 is 2.47 bits per heavy atom. The van der Waals surface area contributed by atoms with Gasteiger partial charge in [-0.1, -0.05) is 16.6 Å². The molecule has 7 heteroatoms. The Morgan fingerprint density at radius 1 is 1.53 bits per heavy atom. The van der Waals surface area contributed by atoms with E-state index < -0.39 is 0 Å². The smallest absolute Gasteiger partial charge is 0.184 e. The molecule has 0 aliphatic rings. The van der Waals surface area contributed by atoms with Gasteiger partial charge in [0.25, 0.3) is 0 Å². The normalized spacial score (nSPS) is 10.4. The third-order valence-corrected chi connectivity index (χ3v) is 2.62. The van der Waals surface area contributed by atoms with Crippen LogP contribution in [0.2, 0.25) is 0 Å². The monoisotopic (exact) mass is 224 g/mol. The van der Waals surface area contributed by atoms with Crippen LogP contribution in [-0.2, 0) is 6.54 Å². The molecule has 0 aromatic carbocycles. The first-order valence-corrected chi connectivity index (χ1v) is 5.45. The van der Waals surface area contributed by atoms with E-state index in [1.54, 1.807) is 17.1 Å². The van der Waals surface area contributed by atoms with Crippen molar-refractivity contribution in [2.45, 2.75) is 13.0 Å². The van der Waals surface area contributed by atoms with Crippen LogP contribution in [0, 0.1) is 0 Å². The number of nitrogens with two attached hydrogens (primary N) is 1. The van der Waals surface area contributed by atoms with Crippen LogP contribution in [0.1, 0.15) is 6.42 Å². The Morgan fingerprint density at radius 3 is 3.13 bits per heavy atom. The van der Waals surface area contributed by atoms with Crippen LogP contribution >= 0.6 is 11.3 Å². The molecule has 2 aromatic heterocycles. The van der Waals surface area contributed by atoms with Gasteiger partial charge >= 0.3 is 0 Å². The number of aryl methyl sites for hydroxylation is 1. The molecule has 0 radical (unpaired) electrons. The molecule has 80 valence electrons. The third-order valence-electron chi connectivity index (χ3n) is 1.84. The second-order valence-corrected chi connectivity index (χ2v) is 4.08. The van der Waals surface area contributed by atoms with Crippen molar-refractivity contribution in [3.8, 4) is 0 Å². The van der Waals surface area contributed by atoms with Crippen molar-refractivity contribution < 1.29 is 0 Å². The summed E-state index contributed by atoms with van der Waals surface area (Å²) in [6.07, 6.45) is 6.16. The molecule has 2 heterocycles. The van der Waals surface area contributed by atoms with E-state index in [1.807, 2.05) is 6.20 Å². The van der Waals surface area contributed by atoms with E-state index in [0.717, 1.165) is 29.6 Å². The third kappa shape index (κ3) is 2.91. The van der Waals surface area contributed by atoms with E-state index in [9.17, 15) is 0 Å². The van der Waals surface area contributed by atoms with E-state index in [0.29, 0.717) is 0 Å². The van der Waals surface area contributed by atoms with Gasteiger partial charge in [-0.05, 0) is 6.42 Å². The summed E-state index contributed by atoms with van der Waals surface area (Å²) in [7, 11) is 0. The molecule has 0 aliphatic heterocycles. The van der Waals surface area contributed by atoms with E-state index in [2.05, 4.69) is 20.6 Å². The number of aromatic nitrogens is 4. The number of hydrogen-bond acceptors (Lipinski definition) is 6. The second-order valence-electron chi connectivity index (χ2n) is 3.01. The molecular formula is C8H12N6S. The number of nitrogens with one attached hydrogen (secondary N) is 1. The zero-order chi connectivity index (χ0) is 10.5. The van der Waals surface area contributed by atoms with E-state index in [-0.39, 0.29) is 0 Å². The number of nitrogen functional groups attached to an aromatic ring is 1. The predicted octanol–water partition coefficient (Wildman–Crippen LogP) is 0.819. The van der Waals surface area contributed by atoms with Gasteiger partial charge in [0.05, 0.1) is 12.4 Å². The van der Waals surface area contributed by atoms with Gasteiger partial charge in [0, 0.05) is 19.3 Å². The molecule has 15 heavy (non-hydrogen) atoms. The van der Waals surface area contributed by atoms with Gasteiger partial charge in [0.15, 0.2) is 5.13 Å². The number of nitrogens with zero attached hydrogens (tertiary/aromatic N) is 4. The summed E-state index contributed by atoms with van der Waals surface area (Å²) in [6, 6.07) is 0. The first-order valence-electron chi connectivity index (χ1n) is 4.64. The SMILES string of the molecule is Nc1cnc(NCCCn2ccnn2)s1. The first kappa shape index (κ1) is 9.91. The quantitative estimate of drug-likeness (QED) is 0.735. The fraction of sp³-hybridized carbons (Fsp3) is 0.375. The molecule has 6 nitrogen and oxygen atoms in total. The Bertz CT molecular complexity index is 395. The summed E-state index contributed by atoms with van der Waals surface area (Å²) in [5.41, 5.74) is 5.55. The van der Waals surface area contributed by atoms with Crippen LogP contribution < -0.4 is 11.1 Å². The van der Waals surface area contributed by atoms with Crippen LogP contribution in [-0.4, -0.2) is 26.5 Å². The molecule has 0 fully saturated rings. The molecule has 0 bridgehead atoms. The maximum absolute atomic E-state index is 5.55. The van der Waals surface area contributed by atoms with Crippen LogP contribution in [0.5, 0.6) is 0 Å². The van der Waals surface area contributed by atoms with E-state index in [4.69, 9.17) is 5.73 Å². The minimum Gasteiger partial charge on any atom is -0.389 e. The zero-order valence-corrected chi connectivity index (χ0v) is 8.94. The highest BCUT2D eigenvalue weighted by molar-refractivity contribution is 7.19. The molecule has 0 saturated heterocycles. The molecule has 0 unspecified atom stereocenters. The van der Waals surface area contributed by atoms with E-state index in [1.165, 1.54) is 11.3 Å². The molecule has 0 saturated carbocycles. The van der Waals surface area contributed by atoms with Crippen molar-refractivity contribution in [2.75, 3.05) is 17.6 Å². The maximum atomic E-state index is 5.55. The molecular weight excluding hydrogens is 212 g/mol. The average molecular weight is 224 g/mol. The van der Waals surface area contributed by atoms with Gasteiger partial charge in [-0.2, -0.15) is 0 Å². The molecule has 0 spiro atoms. The fourth-order valence-electron chi connectivity index (χ4n) is 1.16. The van der Waals surface area contributed by atoms with Crippen LogP contribution in [0.25, 0.3) is 0 Å². The largest absolute Gasteiger partial charge is 0.389 e. The molecule has 0 atom stereocenters. The summed E-state index contributed by atoms with van der Waals surface area (Å²) in [6.45, 7) is 1.71. The maximum Gasteiger partial charge on any atom is 0.184 e. The summed E-state index contributed by atoms with van der Waals surface area (Å²) >= 11 is 1.46. The Balaban J connectivity index is 1.67. The molecule has 0 aliphatic carbocycles.